The Bertz CT molecular complexity index is 1300. The fraction of sp³-hybridized carbons (Fsp3) is 0.500. The maximum Gasteiger partial charge on any atom is 0.459 e. The number of aromatic amines is 1. The number of hydrogen-bond acceptors (Lipinski definition) is 10. The van der Waals surface area contributed by atoms with Crippen molar-refractivity contribution in [2.75, 3.05) is 13.7 Å². The first-order chi connectivity index (χ1) is 17.8. The molecule has 1 unspecified atom stereocenters. The first-order valence-corrected chi connectivity index (χ1v) is 14.1. The fourth-order valence-corrected chi connectivity index (χ4v) is 5.81. The van der Waals surface area contributed by atoms with Gasteiger partial charge < -0.3 is 23.8 Å². The molecule has 1 saturated heterocycles. The van der Waals surface area contributed by atoms with Crippen LogP contribution in [0.2, 0.25) is 0 Å². The van der Waals surface area contributed by atoms with E-state index in [0.717, 1.165) is 16.8 Å². The molecular formula is C22H28BrClN3O10P. The minimum Gasteiger partial charge on any atom is -0.497 e. The molecule has 1 fully saturated rings. The van der Waals surface area contributed by atoms with Crippen molar-refractivity contribution in [3.63, 3.8) is 0 Å². The van der Waals surface area contributed by atoms with Crippen molar-refractivity contribution in [3.8, 4) is 11.5 Å². The summed E-state index contributed by atoms with van der Waals surface area (Å²) in [5.41, 5.74) is -1.46. The number of aromatic nitrogens is 2. The van der Waals surface area contributed by atoms with E-state index in [-0.39, 0.29) is 5.75 Å². The Labute approximate surface area is 231 Å². The Morgan fingerprint density at radius 2 is 2.00 bits per heavy atom. The number of alkyl halides is 2. The monoisotopic (exact) mass is 639 g/mol. The highest BCUT2D eigenvalue weighted by molar-refractivity contribution is 9.10. The molecule has 1 aliphatic rings. The number of nitrogens with one attached hydrogen (secondary N) is 2. The smallest absolute Gasteiger partial charge is 0.459 e. The van der Waals surface area contributed by atoms with Crippen molar-refractivity contribution in [3.05, 3.63) is 57.4 Å². The van der Waals surface area contributed by atoms with Gasteiger partial charge in [-0.05, 0) is 32.9 Å². The van der Waals surface area contributed by atoms with E-state index in [2.05, 4.69) is 26.0 Å². The minimum atomic E-state index is -4.33. The highest BCUT2D eigenvalue weighted by atomic mass is 79.9. The highest BCUT2D eigenvalue weighted by Crippen LogP contribution is 2.50. The third-order valence-corrected chi connectivity index (χ3v) is 8.13. The van der Waals surface area contributed by atoms with Crippen LogP contribution < -0.4 is 25.6 Å². The number of esters is 1. The first-order valence-electron chi connectivity index (χ1n) is 11.3. The second-order valence-electron chi connectivity index (χ2n) is 8.56. The predicted octanol–water partition coefficient (Wildman–Crippen LogP) is 2.27. The number of aliphatic hydroxyl groups excluding tert-OH is 1. The molecule has 1 aliphatic heterocycles. The Hall–Kier alpha value is -2.19. The van der Waals surface area contributed by atoms with E-state index in [1.165, 1.54) is 26.2 Å². The van der Waals surface area contributed by atoms with Gasteiger partial charge in [0.25, 0.3) is 5.56 Å². The maximum absolute atomic E-state index is 13.8. The molecule has 1 aromatic carbocycles. The fourth-order valence-electron chi connectivity index (χ4n) is 3.40. The Kier molecular flexibility index (Phi) is 9.85. The molecule has 2 heterocycles. The molecule has 2 aromatic rings. The van der Waals surface area contributed by atoms with E-state index >= 15 is 0 Å². The molecule has 0 radical (unpaired) electrons. The summed E-state index contributed by atoms with van der Waals surface area (Å²) in [5, 5.41) is 13.3. The van der Waals surface area contributed by atoms with Crippen LogP contribution in [0.3, 0.4) is 0 Å². The van der Waals surface area contributed by atoms with Crippen LogP contribution in [0.1, 0.15) is 27.0 Å². The number of aliphatic hydroxyl groups is 1. The third-order valence-electron chi connectivity index (χ3n) is 5.22. The van der Waals surface area contributed by atoms with Crippen LogP contribution in [0, 0.1) is 0 Å². The van der Waals surface area contributed by atoms with Crippen molar-refractivity contribution in [1.82, 2.24) is 14.6 Å². The average Bonchev–Trinajstić information content (AvgIpc) is 3.06. The van der Waals surface area contributed by atoms with Crippen LogP contribution in [-0.4, -0.2) is 62.5 Å². The van der Waals surface area contributed by atoms with Gasteiger partial charge in [-0.15, -0.1) is 0 Å². The van der Waals surface area contributed by atoms with Crippen molar-refractivity contribution in [2.24, 2.45) is 0 Å². The van der Waals surface area contributed by atoms with Gasteiger partial charge >= 0.3 is 19.4 Å². The Morgan fingerprint density at radius 3 is 2.63 bits per heavy atom. The molecule has 210 valence electrons. The molecule has 3 N–H and O–H groups in total. The molecule has 0 spiro atoms. The molecule has 16 heteroatoms. The lowest BCUT2D eigenvalue weighted by Gasteiger charge is -2.25. The summed E-state index contributed by atoms with van der Waals surface area (Å²) in [6, 6.07) is 6.16. The van der Waals surface area contributed by atoms with Crippen LogP contribution in [0.5, 0.6) is 11.5 Å². The summed E-state index contributed by atoms with van der Waals surface area (Å²) in [5.74, 6) is -0.188. The van der Waals surface area contributed by atoms with Crippen LogP contribution in [0.4, 0.5) is 0 Å². The number of rotatable bonds is 11. The van der Waals surface area contributed by atoms with Gasteiger partial charge in [0.05, 0.1) is 19.8 Å². The second kappa shape index (κ2) is 12.3. The predicted molar refractivity (Wildman–Crippen MR) is 140 cm³/mol. The lowest BCUT2D eigenvalue weighted by Crippen LogP contribution is -2.41. The molecule has 6 atom stereocenters. The zero-order valence-corrected chi connectivity index (χ0v) is 24.1. The van der Waals surface area contributed by atoms with Gasteiger partial charge in [-0.25, -0.2) is 9.36 Å². The molecule has 0 saturated carbocycles. The number of H-pyrrole nitrogens is 1. The van der Waals surface area contributed by atoms with Crippen LogP contribution in [0.15, 0.2) is 46.1 Å². The molecule has 0 amide bonds. The zero-order chi connectivity index (χ0) is 28.3. The van der Waals surface area contributed by atoms with Crippen LogP contribution in [0.25, 0.3) is 0 Å². The normalized spacial score (nSPS) is 25.5. The number of carbonyl (C=O) groups is 1. The number of nitrogens with zero attached hydrogens (tertiary/aromatic N) is 1. The van der Waals surface area contributed by atoms with E-state index in [9.17, 15) is 24.1 Å². The highest BCUT2D eigenvalue weighted by Gasteiger charge is 2.55. The number of halogens is 2. The summed E-state index contributed by atoms with van der Waals surface area (Å²) in [6.07, 6.45) is -3.26. The number of hydrogen-bond donors (Lipinski definition) is 3. The molecule has 3 rings (SSSR count). The SMILES string of the molecule is COc1cccc(O[P@](=O)(N[C@H](C)C(=O)OC(C)C)OC[C@H]2OC(n3ccc(=O)[nH]c3=O)[C@](Cl)(Br)[C@@H]2O)c1. The van der Waals surface area contributed by atoms with Crippen molar-refractivity contribution < 1.29 is 37.7 Å². The van der Waals surface area contributed by atoms with E-state index in [1.54, 1.807) is 26.0 Å². The van der Waals surface area contributed by atoms with Gasteiger partial charge in [-0.3, -0.25) is 23.7 Å². The molecule has 0 aliphatic carbocycles. The van der Waals surface area contributed by atoms with Crippen molar-refractivity contribution in [2.45, 2.75) is 55.1 Å². The average molecular weight is 641 g/mol. The van der Waals surface area contributed by atoms with Gasteiger partial charge in [-0.2, -0.15) is 5.09 Å². The summed E-state index contributed by atoms with van der Waals surface area (Å²) >= 11 is 9.62. The van der Waals surface area contributed by atoms with Gasteiger partial charge in [0.15, 0.2) is 10.0 Å². The van der Waals surface area contributed by atoms with E-state index in [4.69, 9.17) is 34.9 Å². The summed E-state index contributed by atoms with van der Waals surface area (Å²) in [4.78, 5) is 38.1. The largest absolute Gasteiger partial charge is 0.497 e. The lowest BCUT2D eigenvalue weighted by molar-refractivity contribution is -0.149. The van der Waals surface area contributed by atoms with E-state index < -0.39 is 65.9 Å². The quantitative estimate of drug-likeness (QED) is 0.187. The van der Waals surface area contributed by atoms with Crippen LogP contribution >= 0.6 is 35.3 Å². The molecular weight excluding hydrogens is 613 g/mol. The second-order valence-corrected chi connectivity index (χ2v) is 12.7. The lowest BCUT2D eigenvalue weighted by atomic mass is 10.2. The minimum absolute atomic E-state index is 0.0994. The third kappa shape index (κ3) is 7.26. The Balaban J connectivity index is 1.83. The van der Waals surface area contributed by atoms with Crippen molar-refractivity contribution in [1.29, 1.82) is 0 Å². The molecule has 1 aromatic heterocycles. The van der Waals surface area contributed by atoms with Gasteiger partial charge in [0.1, 0.15) is 29.7 Å². The number of benzene rings is 1. The van der Waals surface area contributed by atoms with E-state index in [1.807, 2.05) is 0 Å². The van der Waals surface area contributed by atoms with Crippen molar-refractivity contribution >= 4 is 41.2 Å². The first kappa shape index (κ1) is 30.4. The van der Waals surface area contributed by atoms with Crippen LogP contribution in [-0.2, 0) is 23.4 Å². The summed E-state index contributed by atoms with van der Waals surface area (Å²) < 4.78 is 40.3. The topological polar surface area (TPSA) is 167 Å². The molecule has 13 nitrogen and oxygen atoms in total. The van der Waals surface area contributed by atoms with Gasteiger partial charge in [-0.1, -0.05) is 33.6 Å². The number of carbonyl (C=O) groups excluding carboxylic acids is 1. The van der Waals surface area contributed by atoms with Gasteiger partial charge in [0.2, 0.25) is 0 Å². The summed E-state index contributed by atoms with van der Waals surface area (Å²) in [6.45, 7) is 4.19. The number of methoxy groups -OCH3 is 1. The molecule has 0 bridgehead atoms. The standard InChI is InChI=1S/C22H28BrClN3O10P/c1-12(2)35-19(30)13(3)26-38(32,37-15-7-5-6-14(10-15)33-4)34-11-16-18(29)22(23,24)20(36-16)27-9-8-17(28)25-21(27)31/h5-10,12-13,16,18,20,29H,11H2,1-4H3,(H,26,32)(H,25,28,31)/t13-,16-,18-,20?,22+,38+/m1/s1. The maximum atomic E-state index is 13.8. The van der Waals surface area contributed by atoms with Gasteiger partial charge in [0, 0.05) is 18.3 Å². The van der Waals surface area contributed by atoms with E-state index in [0.29, 0.717) is 5.75 Å². The molecule has 38 heavy (non-hydrogen) atoms. The number of ether oxygens (including phenoxy) is 3. The Morgan fingerprint density at radius 1 is 1.32 bits per heavy atom. The summed E-state index contributed by atoms with van der Waals surface area (Å²) in [7, 11) is -2.88. The zero-order valence-electron chi connectivity index (χ0n) is 20.8.